The Balaban J connectivity index is 1.53. The Kier molecular flexibility index (Phi) is 5.36. The second kappa shape index (κ2) is 8.06. The van der Waals surface area contributed by atoms with E-state index in [9.17, 15) is 4.79 Å². The van der Waals surface area contributed by atoms with Gasteiger partial charge in [0.05, 0.1) is 30.8 Å². The van der Waals surface area contributed by atoms with Crippen LogP contribution in [0.1, 0.15) is 16.2 Å². The maximum atomic E-state index is 13.0. The second-order valence-corrected chi connectivity index (χ2v) is 7.63. The molecule has 1 aliphatic heterocycles. The van der Waals surface area contributed by atoms with Gasteiger partial charge in [0.25, 0.3) is 0 Å². The molecule has 3 heterocycles. The summed E-state index contributed by atoms with van der Waals surface area (Å²) in [5.41, 5.74) is 0.796. The van der Waals surface area contributed by atoms with Crippen LogP contribution in [0.15, 0.2) is 52.5 Å². The Labute approximate surface area is 166 Å². The molecular formula is C20H18ClNO4S. The summed E-state index contributed by atoms with van der Waals surface area (Å²) in [5.74, 6) is 1.88. The molecule has 0 radical (unpaired) electrons. The van der Waals surface area contributed by atoms with Gasteiger partial charge in [0.2, 0.25) is 5.91 Å². The first-order valence-electron chi connectivity index (χ1n) is 8.59. The van der Waals surface area contributed by atoms with Gasteiger partial charge in [-0.1, -0.05) is 17.7 Å². The smallest absolute Gasteiger partial charge is 0.227 e. The third kappa shape index (κ3) is 4.28. The van der Waals surface area contributed by atoms with Gasteiger partial charge in [0.1, 0.15) is 19.0 Å². The zero-order valence-corrected chi connectivity index (χ0v) is 16.1. The predicted octanol–water partition coefficient (Wildman–Crippen LogP) is 4.54. The van der Waals surface area contributed by atoms with Crippen LogP contribution in [0, 0.1) is 0 Å². The molecule has 0 spiro atoms. The van der Waals surface area contributed by atoms with Gasteiger partial charge in [0.15, 0.2) is 11.5 Å². The molecule has 7 heteroatoms. The van der Waals surface area contributed by atoms with Gasteiger partial charge < -0.3 is 18.8 Å². The highest BCUT2D eigenvalue weighted by atomic mass is 35.5. The van der Waals surface area contributed by atoms with Crippen LogP contribution in [0.3, 0.4) is 0 Å². The van der Waals surface area contributed by atoms with Crippen molar-refractivity contribution in [1.29, 1.82) is 0 Å². The van der Waals surface area contributed by atoms with Crippen molar-refractivity contribution >= 4 is 28.8 Å². The summed E-state index contributed by atoms with van der Waals surface area (Å²) in [5, 5.41) is 2.47. The standard InChI is InChI=1S/C20H18ClNO4S/c21-17-9-14(10-18-20(17)26-7-6-25-18)11-19(23)22(12-15-3-1-5-24-15)13-16-4-2-8-27-16/h1-5,8-10H,6-7,11-13H2. The average Bonchev–Trinajstić information content (AvgIpc) is 3.35. The van der Waals surface area contributed by atoms with E-state index in [1.54, 1.807) is 28.6 Å². The van der Waals surface area contributed by atoms with E-state index in [2.05, 4.69) is 0 Å². The predicted molar refractivity (Wildman–Crippen MR) is 103 cm³/mol. The number of halogens is 1. The van der Waals surface area contributed by atoms with Gasteiger partial charge >= 0.3 is 0 Å². The van der Waals surface area contributed by atoms with Crippen molar-refractivity contribution in [3.63, 3.8) is 0 Å². The topological polar surface area (TPSA) is 51.9 Å². The average molecular weight is 404 g/mol. The number of amides is 1. The van der Waals surface area contributed by atoms with Crippen LogP contribution >= 0.6 is 22.9 Å². The molecular weight excluding hydrogens is 386 g/mol. The minimum Gasteiger partial charge on any atom is -0.486 e. The molecule has 1 aliphatic rings. The molecule has 1 aromatic carbocycles. The fourth-order valence-corrected chi connectivity index (χ4v) is 3.97. The number of benzene rings is 1. The molecule has 0 unspecified atom stereocenters. The lowest BCUT2D eigenvalue weighted by Crippen LogP contribution is -2.31. The zero-order valence-electron chi connectivity index (χ0n) is 14.5. The van der Waals surface area contributed by atoms with E-state index in [0.29, 0.717) is 42.8 Å². The second-order valence-electron chi connectivity index (χ2n) is 6.19. The van der Waals surface area contributed by atoms with Crippen molar-refractivity contribution in [3.05, 3.63) is 69.3 Å². The van der Waals surface area contributed by atoms with Crippen LogP contribution in [0.25, 0.3) is 0 Å². The third-order valence-corrected chi connectivity index (χ3v) is 5.36. The monoisotopic (exact) mass is 403 g/mol. The van der Waals surface area contributed by atoms with Gasteiger partial charge in [-0.3, -0.25) is 4.79 Å². The van der Waals surface area contributed by atoms with Gasteiger partial charge in [-0.2, -0.15) is 0 Å². The lowest BCUT2D eigenvalue weighted by molar-refractivity contribution is -0.131. The number of ether oxygens (including phenoxy) is 2. The Morgan fingerprint density at radius 2 is 2.04 bits per heavy atom. The van der Waals surface area contributed by atoms with Crippen LogP contribution in [0.5, 0.6) is 11.5 Å². The molecule has 0 fully saturated rings. The lowest BCUT2D eigenvalue weighted by Gasteiger charge is -2.23. The summed E-state index contributed by atoms with van der Waals surface area (Å²) in [4.78, 5) is 15.9. The third-order valence-electron chi connectivity index (χ3n) is 4.22. The zero-order chi connectivity index (χ0) is 18.6. The van der Waals surface area contributed by atoms with Crippen LogP contribution in [0.4, 0.5) is 0 Å². The fraction of sp³-hybridized carbons (Fsp3) is 0.250. The molecule has 0 saturated heterocycles. The number of hydrogen-bond donors (Lipinski definition) is 0. The Bertz CT molecular complexity index is 872. The van der Waals surface area contributed by atoms with E-state index in [-0.39, 0.29) is 12.3 Å². The Hall–Kier alpha value is -2.44. The molecule has 0 N–H and O–H groups in total. The molecule has 5 nitrogen and oxygen atoms in total. The van der Waals surface area contributed by atoms with E-state index in [4.69, 9.17) is 25.5 Å². The molecule has 0 saturated carbocycles. The van der Waals surface area contributed by atoms with Gasteiger partial charge in [-0.15, -0.1) is 11.3 Å². The lowest BCUT2D eigenvalue weighted by atomic mass is 10.1. The van der Waals surface area contributed by atoms with E-state index in [0.717, 1.165) is 16.2 Å². The first-order chi connectivity index (χ1) is 13.2. The SMILES string of the molecule is O=C(Cc1cc(Cl)c2c(c1)OCCO2)N(Cc1ccco1)Cc1cccs1. The summed E-state index contributed by atoms with van der Waals surface area (Å²) in [6.45, 7) is 1.91. The fourth-order valence-electron chi connectivity index (χ4n) is 2.97. The largest absolute Gasteiger partial charge is 0.486 e. The van der Waals surface area contributed by atoms with Crippen LogP contribution in [-0.4, -0.2) is 24.0 Å². The van der Waals surface area contributed by atoms with Crippen molar-refractivity contribution in [1.82, 2.24) is 4.90 Å². The molecule has 0 aliphatic carbocycles. The summed E-state index contributed by atoms with van der Waals surface area (Å²) >= 11 is 7.92. The summed E-state index contributed by atoms with van der Waals surface area (Å²) in [7, 11) is 0. The number of carbonyl (C=O) groups excluding carboxylic acids is 1. The minimum absolute atomic E-state index is 0.00690. The van der Waals surface area contributed by atoms with Crippen molar-refractivity contribution in [3.8, 4) is 11.5 Å². The molecule has 0 bridgehead atoms. The van der Waals surface area contributed by atoms with Crippen molar-refractivity contribution in [2.24, 2.45) is 0 Å². The summed E-state index contributed by atoms with van der Waals surface area (Å²) < 4.78 is 16.6. The molecule has 27 heavy (non-hydrogen) atoms. The van der Waals surface area contributed by atoms with Crippen molar-refractivity contribution < 1.29 is 18.7 Å². The van der Waals surface area contributed by atoms with Gasteiger partial charge in [0, 0.05) is 4.88 Å². The number of carbonyl (C=O) groups is 1. The van der Waals surface area contributed by atoms with Crippen LogP contribution < -0.4 is 9.47 Å². The maximum Gasteiger partial charge on any atom is 0.227 e. The summed E-state index contributed by atoms with van der Waals surface area (Å²) in [6.07, 6.45) is 1.84. The van der Waals surface area contributed by atoms with E-state index in [1.165, 1.54) is 0 Å². The molecule has 4 rings (SSSR count). The molecule has 140 valence electrons. The van der Waals surface area contributed by atoms with Crippen LogP contribution in [0.2, 0.25) is 5.02 Å². The van der Waals surface area contributed by atoms with Gasteiger partial charge in [-0.25, -0.2) is 0 Å². The highest BCUT2D eigenvalue weighted by Gasteiger charge is 2.21. The van der Waals surface area contributed by atoms with Crippen LogP contribution in [-0.2, 0) is 24.3 Å². The van der Waals surface area contributed by atoms with E-state index in [1.807, 2.05) is 35.7 Å². The number of furan rings is 1. The molecule has 3 aromatic rings. The van der Waals surface area contributed by atoms with Crippen molar-refractivity contribution in [2.45, 2.75) is 19.5 Å². The van der Waals surface area contributed by atoms with Gasteiger partial charge in [-0.05, 0) is 41.3 Å². The number of fused-ring (bicyclic) bond motifs is 1. The van der Waals surface area contributed by atoms with E-state index < -0.39 is 0 Å². The first kappa shape index (κ1) is 17.9. The molecule has 2 aromatic heterocycles. The molecule has 1 amide bonds. The maximum absolute atomic E-state index is 13.0. The quantitative estimate of drug-likeness (QED) is 0.606. The van der Waals surface area contributed by atoms with E-state index >= 15 is 0 Å². The minimum atomic E-state index is -0.00690. The Morgan fingerprint density at radius 1 is 1.15 bits per heavy atom. The molecule has 0 atom stereocenters. The van der Waals surface area contributed by atoms with Crippen molar-refractivity contribution in [2.75, 3.05) is 13.2 Å². The highest BCUT2D eigenvalue weighted by Crippen LogP contribution is 2.38. The first-order valence-corrected chi connectivity index (χ1v) is 9.85. The Morgan fingerprint density at radius 3 is 2.81 bits per heavy atom. The normalized spacial score (nSPS) is 12.8. The number of thiophene rings is 1. The number of nitrogens with zero attached hydrogens (tertiary/aromatic N) is 1. The highest BCUT2D eigenvalue weighted by molar-refractivity contribution is 7.09. The number of rotatable bonds is 6. The number of hydrogen-bond acceptors (Lipinski definition) is 5. The summed E-state index contributed by atoms with van der Waals surface area (Å²) in [6, 6.07) is 11.3.